The highest BCUT2D eigenvalue weighted by molar-refractivity contribution is 6.12. The Labute approximate surface area is 95.2 Å². The average molecular weight is 214 g/mol. The molecule has 1 N–H and O–H groups in total. The Bertz CT molecular complexity index is 454. The van der Waals surface area contributed by atoms with Gasteiger partial charge in [0.25, 0.3) is 0 Å². The van der Waals surface area contributed by atoms with Crippen LogP contribution in [0, 0.1) is 0 Å². The smallest absolute Gasteiger partial charge is 0.196 e. The minimum atomic E-state index is -0.212. The second-order valence-corrected chi connectivity index (χ2v) is 3.20. The Balaban J connectivity index is 3.14. The van der Waals surface area contributed by atoms with E-state index in [1.54, 1.807) is 42.5 Å². The lowest BCUT2D eigenvalue weighted by Crippen LogP contribution is -2.01. The molecule has 0 unspecified atom stereocenters. The van der Waals surface area contributed by atoms with Crippen LogP contribution < -0.4 is 0 Å². The first kappa shape index (κ1) is 12.0. The lowest BCUT2D eigenvalue weighted by atomic mass is 10.0. The molecule has 0 radical (unpaired) electrons. The van der Waals surface area contributed by atoms with Crippen LogP contribution in [0.15, 0.2) is 60.7 Å². The number of allylic oxidation sites excluding steroid dienone is 5. The monoisotopic (exact) mass is 214 g/mol. The zero-order valence-corrected chi connectivity index (χ0v) is 9.18. The lowest BCUT2D eigenvalue weighted by molar-refractivity contribution is 0.103. The van der Waals surface area contributed by atoms with Crippen LogP contribution in [0.2, 0.25) is 0 Å². The van der Waals surface area contributed by atoms with Gasteiger partial charge in [-0.2, -0.15) is 0 Å². The molecule has 0 saturated carbocycles. The lowest BCUT2D eigenvalue weighted by Gasteiger charge is -2.03. The van der Waals surface area contributed by atoms with Gasteiger partial charge in [-0.25, -0.2) is 0 Å². The van der Waals surface area contributed by atoms with Crippen molar-refractivity contribution in [3.8, 4) is 5.75 Å². The molecule has 1 rings (SSSR count). The summed E-state index contributed by atoms with van der Waals surface area (Å²) in [5.41, 5.74) is 0.799. The highest BCUT2D eigenvalue weighted by Crippen LogP contribution is 2.20. The number of rotatable bonds is 4. The topological polar surface area (TPSA) is 37.3 Å². The number of phenolic OH excluding ortho intramolecular Hbond substituents is 1. The predicted molar refractivity (Wildman–Crippen MR) is 65.5 cm³/mol. The van der Waals surface area contributed by atoms with Gasteiger partial charge in [0.05, 0.1) is 5.56 Å². The molecule has 82 valence electrons. The molecule has 1 aromatic carbocycles. The molecule has 0 atom stereocenters. The number of Topliss-reactive ketones (excluding diaryl/α,β-unsaturated/α-hetero) is 1. The van der Waals surface area contributed by atoms with E-state index in [9.17, 15) is 9.90 Å². The van der Waals surface area contributed by atoms with E-state index in [0.29, 0.717) is 11.1 Å². The van der Waals surface area contributed by atoms with Crippen molar-refractivity contribution in [2.45, 2.75) is 6.92 Å². The second-order valence-electron chi connectivity index (χ2n) is 3.20. The van der Waals surface area contributed by atoms with Gasteiger partial charge in [0.15, 0.2) is 5.78 Å². The summed E-state index contributed by atoms with van der Waals surface area (Å²) in [6.45, 7) is 5.38. The van der Waals surface area contributed by atoms with Gasteiger partial charge in [0, 0.05) is 5.57 Å². The maximum Gasteiger partial charge on any atom is 0.196 e. The second kappa shape index (κ2) is 5.71. The summed E-state index contributed by atoms with van der Waals surface area (Å²) >= 11 is 0. The van der Waals surface area contributed by atoms with Crippen molar-refractivity contribution in [2.75, 3.05) is 0 Å². The summed E-state index contributed by atoms with van der Waals surface area (Å²) < 4.78 is 0. The number of phenols is 1. The molecule has 0 heterocycles. The van der Waals surface area contributed by atoms with Crippen molar-refractivity contribution < 1.29 is 9.90 Å². The van der Waals surface area contributed by atoms with E-state index < -0.39 is 0 Å². The molecular weight excluding hydrogens is 200 g/mol. The molecule has 0 bridgehead atoms. The molecule has 2 nitrogen and oxygen atoms in total. The number of benzene rings is 1. The normalized spacial score (nSPS) is 11.7. The molecule has 0 aromatic heterocycles. The fourth-order valence-electron chi connectivity index (χ4n) is 1.33. The van der Waals surface area contributed by atoms with Gasteiger partial charge in [-0.1, -0.05) is 43.0 Å². The standard InChI is InChI=1S/C14H14O2/c1-3-7-11(8-4-2)14(16)12-9-5-6-10-13(12)15/h3-10,15H,1H2,2H3/b8-4-,11-7+. The number of ketones is 1. The fourth-order valence-corrected chi connectivity index (χ4v) is 1.33. The molecule has 0 saturated heterocycles. The van der Waals surface area contributed by atoms with E-state index in [2.05, 4.69) is 6.58 Å². The number of aromatic hydroxyl groups is 1. The number of hydrogen-bond acceptors (Lipinski definition) is 2. The summed E-state index contributed by atoms with van der Waals surface area (Å²) in [6, 6.07) is 6.49. The third kappa shape index (κ3) is 2.70. The van der Waals surface area contributed by atoms with Crippen LogP contribution in [0.4, 0.5) is 0 Å². The minimum absolute atomic E-state index is 0.00744. The van der Waals surface area contributed by atoms with E-state index in [4.69, 9.17) is 0 Å². The SMILES string of the molecule is C=C/C=C(\C=C/C)C(=O)c1ccccc1O. The molecule has 16 heavy (non-hydrogen) atoms. The van der Waals surface area contributed by atoms with Gasteiger partial charge >= 0.3 is 0 Å². The molecule has 0 aliphatic carbocycles. The third-order valence-electron chi connectivity index (χ3n) is 2.05. The van der Waals surface area contributed by atoms with Crippen LogP contribution in [-0.2, 0) is 0 Å². The highest BCUT2D eigenvalue weighted by atomic mass is 16.3. The van der Waals surface area contributed by atoms with Gasteiger partial charge in [-0.3, -0.25) is 4.79 Å². The van der Waals surface area contributed by atoms with Crippen LogP contribution in [-0.4, -0.2) is 10.9 Å². The maximum atomic E-state index is 12.0. The van der Waals surface area contributed by atoms with E-state index >= 15 is 0 Å². The quantitative estimate of drug-likeness (QED) is 0.474. The van der Waals surface area contributed by atoms with Crippen molar-refractivity contribution in [1.82, 2.24) is 0 Å². The summed E-state index contributed by atoms with van der Waals surface area (Å²) in [7, 11) is 0. The first-order chi connectivity index (χ1) is 7.70. The average Bonchev–Trinajstić information content (AvgIpc) is 2.28. The Morgan fingerprint density at radius 3 is 2.62 bits per heavy atom. The number of hydrogen-bond donors (Lipinski definition) is 1. The van der Waals surface area contributed by atoms with Crippen LogP contribution in [0.1, 0.15) is 17.3 Å². The fraction of sp³-hybridized carbons (Fsp3) is 0.0714. The van der Waals surface area contributed by atoms with Crippen molar-refractivity contribution in [3.63, 3.8) is 0 Å². The molecule has 2 heteroatoms. The highest BCUT2D eigenvalue weighted by Gasteiger charge is 2.12. The predicted octanol–water partition coefficient (Wildman–Crippen LogP) is 3.26. The van der Waals surface area contributed by atoms with Gasteiger partial charge in [0.1, 0.15) is 5.75 Å². The number of para-hydroxylation sites is 1. The van der Waals surface area contributed by atoms with E-state index in [1.165, 1.54) is 6.07 Å². The maximum absolute atomic E-state index is 12.0. The Hall–Kier alpha value is -2.09. The molecule has 0 amide bonds. The molecule has 1 aromatic rings. The summed E-state index contributed by atoms with van der Waals surface area (Å²) in [5, 5.41) is 9.57. The third-order valence-corrected chi connectivity index (χ3v) is 2.05. The largest absolute Gasteiger partial charge is 0.507 e. The van der Waals surface area contributed by atoms with Crippen molar-refractivity contribution in [1.29, 1.82) is 0 Å². The van der Waals surface area contributed by atoms with E-state index in [-0.39, 0.29) is 11.5 Å². The molecule has 0 spiro atoms. The number of carbonyl (C=O) groups is 1. The molecule has 0 aliphatic heterocycles. The Morgan fingerprint density at radius 2 is 2.06 bits per heavy atom. The van der Waals surface area contributed by atoms with Crippen molar-refractivity contribution in [3.05, 3.63) is 66.3 Å². The van der Waals surface area contributed by atoms with Gasteiger partial charge < -0.3 is 5.11 Å². The van der Waals surface area contributed by atoms with Crippen LogP contribution in [0.25, 0.3) is 0 Å². The van der Waals surface area contributed by atoms with Crippen molar-refractivity contribution in [2.24, 2.45) is 0 Å². The molecule has 0 fully saturated rings. The zero-order chi connectivity index (χ0) is 12.0. The van der Waals surface area contributed by atoms with Crippen LogP contribution in [0.3, 0.4) is 0 Å². The molecular formula is C14H14O2. The van der Waals surface area contributed by atoms with E-state index in [0.717, 1.165) is 0 Å². The summed E-state index contributed by atoms with van der Waals surface area (Å²) in [5.74, 6) is -0.219. The van der Waals surface area contributed by atoms with Gasteiger partial charge in [-0.15, -0.1) is 0 Å². The molecule has 0 aliphatic rings. The van der Waals surface area contributed by atoms with Crippen LogP contribution >= 0.6 is 0 Å². The zero-order valence-electron chi connectivity index (χ0n) is 9.18. The number of carbonyl (C=O) groups excluding carboxylic acids is 1. The first-order valence-electron chi connectivity index (χ1n) is 4.98. The van der Waals surface area contributed by atoms with Gasteiger partial charge in [0.2, 0.25) is 0 Å². The van der Waals surface area contributed by atoms with E-state index in [1.807, 2.05) is 6.92 Å². The minimum Gasteiger partial charge on any atom is -0.507 e. The van der Waals surface area contributed by atoms with Gasteiger partial charge in [-0.05, 0) is 19.1 Å². The Morgan fingerprint density at radius 1 is 1.38 bits per heavy atom. The summed E-state index contributed by atoms with van der Waals surface area (Å²) in [6.07, 6.45) is 6.63. The van der Waals surface area contributed by atoms with Crippen molar-refractivity contribution >= 4 is 5.78 Å². The first-order valence-corrected chi connectivity index (χ1v) is 4.98. The summed E-state index contributed by atoms with van der Waals surface area (Å²) in [4.78, 5) is 12.0. The Kier molecular flexibility index (Phi) is 4.28. The van der Waals surface area contributed by atoms with Crippen LogP contribution in [0.5, 0.6) is 5.75 Å².